The summed E-state index contributed by atoms with van der Waals surface area (Å²) < 4.78 is 20.4. The molecule has 0 atom stereocenters. The van der Waals surface area contributed by atoms with Gasteiger partial charge in [-0.25, -0.2) is 9.37 Å². The molecule has 0 aliphatic carbocycles. The average molecular weight is 353 g/mol. The van der Waals surface area contributed by atoms with Gasteiger partial charge in [-0.15, -0.1) is 0 Å². The van der Waals surface area contributed by atoms with Gasteiger partial charge < -0.3 is 9.32 Å². The Hall–Kier alpha value is -3.47. The molecule has 0 saturated carbocycles. The molecule has 0 spiro atoms. The van der Waals surface area contributed by atoms with Gasteiger partial charge in [0.25, 0.3) is 5.91 Å². The molecule has 0 unspecified atom stereocenters. The molecule has 132 valence electrons. The third-order valence-electron chi connectivity index (χ3n) is 3.78. The van der Waals surface area contributed by atoms with Crippen molar-refractivity contribution in [1.29, 1.82) is 5.26 Å². The molecule has 0 aliphatic rings. The van der Waals surface area contributed by atoms with Crippen LogP contribution in [-0.4, -0.2) is 27.2 Å². The summed E-state index contributed by atoms with van der Waals surface area (Å²) in [5, 5.41) is 12.9. The van der Waals surface area contributed by atoms with Gasteiger partial charge in [0.2, 0.25) is 5.89 Å². The molecule has 1 aromatic carbocycles. The van der Waals surface area contributed by atoms with E-state index in [1.807, 2.05) is 6.07 Å². The number of aromatic nitrogens is 3. The number of nitriles is 1. The van der Waals surface area contributed by atoms with E-state index in [2.05, 4.69) is 10.1 Å². The predicted molar refractivity (Wildman–Crippen MR) is 91.7 cm³/mol. The van der Waals surface area contributed by atoms with Crippen LogP contribution in [-0.2, 0) is 7.05 Å². The molecule has 8 heteroatoms. The van der Waals surface area contributed by atoms with E-state index >= 15 is 0 Å². The lowest BCUT2D eigenvalue weighted by Gasteiger charge is -2.20. The highest BCUT2D eigenvalue weighted by Gasteiger charge is 2.25. The van der Waals surface area contributed by atoms with Gasteiger partial charge in [-0.2, -0.15) is 10.4 Å². The zero-order chi connectivity index (χ0) is 18.7. The maximum atomic E-state index is 13.2. The Balaban J connectivity index is 1.95. The Morgan fingerprint density at radius 2 is 2.12 bits per heavy atom. The number of aryl methyl sites for hydroxylation is 2. The molecule has 7 nitrogen and oxygen atoms in total. The van der Waals surface area contributed by atoms with Crippen LogP contribution < -0.4 is 4.90 Å². The van der Waals surface area contributed by atoms with E-state index in [0.29, 0.717) is 22.9 Å². The molecule has 26 heavy (non-hydrogen) atoms. The maximum Gasteiger partial charge on any atom is 0.280 e. The van der Waals surface area contributed by atoms with Crippen molar-refractivity contribution in [3.05, 3.63) is 53.9 Å². The highest BCUT2D eigenvalue weighted by Crippen LogP contribution is 2.24. The van der Waals surface area contributed by atoms with Crippen LogP contribution in [0.15, 0.2) is 41.1 Å². The molecule has 0 N–H and O–H groups in total. The number of hydrogen-bond donors (Lipinski definition) is 0. The van der Waals surface area contributed by atoms with E-state index in [1.54, 1.807) is 31.0 Å². The van der Waals surface area contributed by atoms with Crippen LogP contribution >= 0.6 is 0 Å². The Morgan fingerprint density at radius 3 is 2.73 bits per heavy atom. The number of anilines is 1. The molecule has 3 aromatic rings. The number of oxazole rings is 1. The number of benzene rings is 1. The summed E-state index contributed by atoms with van der Waals surface area (Å²) in [7, 11) is 1.77. The standard InChI is InChI=1S/C18H16FN5O2/c1-12-16(22-17(26-12)13-10-21-23(2)11-13)18(25)24(9-3-8-20)15-6-4-14(19)5-7-15/h4-7,10-11H,3,9H2,1-2H3. The van der Waals surface area contributed by atoms with Crippen molar-refractivity contribution in [1.82, 2.24) is 14.8 Å². The Morgan fingerprint density at radius 1 is 1.38 bits per heavy atom. The van der Waals surface area contributed by atoms with Gasteiger partial charge >= 0.3 is 0 Å². The molecule has 0 aliphatic heterocycles. The van der Waals surface area contributed by atoms with Crippen molar-refractivity contribution < 1.29 is 13.6 Å². The number of halogens is 1. The summed E-state index contributed by atoms with van der Waals surface area (Å²) in [5.74, 6) is -0.169. The van der Waals surface area contributed by atoms with Gasteiger partial charge in [0.1, 0.15) is 11.6 Å². The van der Waals surface area contributed by atoms with Gasteiger partial charge in [-0.3, -0.25) is 9.48 Å². The molecular formula is C18H16FN5O2. The summed E-state index contributed by atoms with van der Waals surface area (Å²) in [6.45, 7) is 1.81. The summed E-state index contributed by atoms with van der Waals surface area (Å²) in [6.07, 6.45) is 3.45. The Kier molecular flexibility index (Phi) is 4.80. The molecule has 2 heterocycles. The zero-order valence-electron chi connectivity index (χ0n) is 14.3. The van der Waals surface area contributed by atoms with Gasteiger partial charge in [-0.05, 0) is 31.2 Å². The van der Waals surface area contributed by atoms with E-state index < -0.39 is 11.7 Å². The van der Waals surface area contributed by atoms with Gasteiger partial charge in [-0.1, -0.05) is 0 Å². The largest absolute Gasteiger partial charge is 0.440 e. The molecule has 1 amide bonds. The van der Waals surface area contributed by atoms with E-state index in [1.165, 1.54) is 29.2 Å². The summed E-state index contributed by atoms with van der Waals surface area (Å²) in [4.78, 5) is 18.7. The zero-order valence-corrected chi connectivity index (χ0v) is 14.3. The highest BCUT2D eigenvalue weighted by molar-refractivity contribution is 6.05. The fourth-order valence-electron chi connectivity index (χ4n) is 2.51. The quantitative estimate of drug-likeness (QED) is 0.703. The van der Waals surface area contributed by atoms with Gasteiger partial charge in [0.05, 0.1) is 24.3 Å². The van der Waals surface area contributed by atoms with Crippen molar-refractivity contribution in [3.8, 4) is 17.5 Å². The van der Waals surface area contributed by atoms with Crippen molar-refractivity contribution in [3.63, 3.8) is 0 Å². The number of hydrogen-bond acceptors (Lipinski definition) is 5. The maximum absolute atomic E-state index is 13.2. The van der Waals surface area contributed by atoms with Gasteiger partial charge in [0, 0.05) is 25.5 Å². The molecular weight excluding hydrogens is 337 g/mol. The minimum atomic E-state index is -0.414. The molecule has 0 fully saturated rings. The minimum absolute atomic E-state index is 0.134. The Bertz CT molecular complexity index is 968. The van der Waals surface area contributed by atoms with Crippen molar-refractivity contribution in [2.75, 3.05) is 11.4 Å². The fraction of sp³-hybridized carbons (Fsp3) is 0.222. The summed E-state index contributed by atoms with van der Waals surface area (Å²) in [5.41, 5.74) is 1.28. The number of carbonyl (C=O) groups is 1. The van der Waals surface area contributed by atoms with Crippen LogP contribution in [0.3, 0.4) is 0 Å². The molecule has 0 radical (unpaired) electrons. The van der Waals surface area contributed by atoms with Crippen LogP contribution in [0, 0.1) is 24.1 Å². The normalized spacial score (nSPS) is 10.5. The van der Waals surface area contributed by atoms with Crippen LogP contribution in [0.2, 0.25) is 0 Å². The second-order valence-electron chi connectivity index (χ2n) is 5.67. The topological polar surface area (TPSA) is 87.9 Å². The fourth-order valence-corrected chi connectivity index (χ4v) is 2.51. The molecule has 0 saturated heterocycles. The van der Waals surface area contributed by atoms with Crippen molar-refractivity contribution in [2.24, 2.45) is 7.05 Å². The lowest BCUT2D eigenvalue weighted by atomic mass is 10.2. The molecule has 3 rings (SSSR count). The molecule has 0 bridgehead atoms. The number of amides is 1. The van der Waals surface area contributed by atoms with Crippen molar-refractivity contribution in [2.45, 2.75) is 13.3 Å². The van der Waals surface area contributed by atoms with Crippen LogP contribution in [0.4, 0.5) is 10.1 Å². The summed E-state index contributed by atoms with van der Waals surface area (Å²) in [6, 6.07) is 7.51. The third kappa shape index (κ3) is 3.47. The number of nitrogens with zero attached hydrogens (tertiary/aromatic N) is 5. The van der Waals surface area contributed by atoms with E-state index in [0.717, 1.165) is 0 Å². The predicted octanol–water partition coefficient (Wildman–Crippen LogP) is 3.08. The van der Waals surface area contributed by atoms with E-state index in [9.17, 15) is 9.18 Å². The van der Waals surface area contributed by atoms with E-state index in [4.69, 9.17) is 9.68 Å². The van der Waals surface area contributed by atoms with E-state index in [-0.39, 0.29) is 18.7 Å². The van der Waals surface area contributed by atoms with Crippen molar-refractivity contribution >= 4 is 11.6 Å². The minimum Gasteiger partial charge on any atom is -0.440 e. The SMILES string of the molecule is Cc1oc(-c2cnn(C)c2)nc1C(=O)N(CCC#N)c1ccc(F)cc1. The first-order valence-electron chi connectivity index (χ1n) is 7.90. The third-order valence-corrected chi connectivity index (χ3v) is 3.78. The first-order chi connectivity index (χ1) is 12.5. The lowest BCUT2D eigenvalue weighted by molar-refractivity contribution is 0.0982. The molecule has 2 aromatic heterocycles. The number of carbonyl (C=O) groups excluding carboxylic acids is 1. The first-order valence-corrected chi connectivity index (χ1v) is 7.90. The van der Waals surface area contributed by atoms with Crippen LogP contribution in [0.5, 0.6) is 0 Å². The monoisotopic (exact) mass is 353 g/mol. The highest BCUT2D eigenvalue weighted by atomic mass is 19.1. The summed E-state index contributed by atoms with van der Waals surface area (Å²) >= 11 is 0. The Labute approximate surface area is 149 Å². The lowest BCUT2D eigenvalue weighted by Crippen LogP contribution is -2.32. The van der Waals surface area contributed by atoms with Crippen LogP contribution in [0.25, 0.3) is 11.5 Å². The van der Waals surface area contributed by atoms with Crippen LogP contribution in [0.1, 0.15) is 22.7 Å². The first kappa shape index (κ1) is 17.4. The second kappa shape index (κ2) is 7.19. The second-order valence-corrected chi connectivity index (χ2v) is 5.67. The average Bonchev–Trinajstić information content (AvgIpc) is 3.22. The van der Waals surface area contributed by atoms with Gasteiger partial charge in [0.15, 0.2) is 5.69 Å². The smallest absolute Gasteiger partial charge is 0.280 e. The number of rotatable bonds is 5.